The van der Waals surface area contributed by atoms with E-state index in [1.165, 1.54) is 13.2 Å². The molecule has 2 aliphatic rings. The van der Waals surface area contributed by atoms with E-state index in [9.17, 15) is 24.6 Å². The molecular formula is C27H37IN2O8. The number of nitrogens with one attached hydrogen (secondary N) is 1. The summed E-state index contributed by atoms with van der Waals surface area (Å²) in [4.78, 5) is 39.3. The normalized spacial score (nSPS) is 22.9. The summed E-state index contributed by atoms with van der Waals surface area (Å²) in [7, 11) is 1.45. The van der Waals surface area contributed by atoms with Crippen LogP contribution >= 0.6 is 22.6 Å². The van der Waals surface area contributed by atoms with Crippen molar-refractivity contribution < 1.29 is 38.8 Å². The third-order valence-electron chi connectivity index (χ3n) is 6.75. The number of hydrogen-bond donors (Lipinski definition) is 3. The molecule has 0 radical (unpaired) electrons. The van der Waals surface area contributed by atoms with Crippen LogP contribution in [-0.2, 0) is 14.3 Å². The third-order valence-corrected chi connectivity index (χ3v) is 7.55. The standard InChI is InChI=1S/C27H37IN2O8/c1-3-4-7-24(33)30(15-19-6-5-10-37-19)21-13-18(27(35)29-8-9-31)14-22(25(21)34)38-26-20(28)11-17(16-32)12-23(26)36-2/h11-12,14,16,19,21-22,25,31,34H,3-10,13,15H2,1-2H3,(H,29,35). The zero-order chi connectivity index (χ0) is 27.7. The van der Waals surface area contributed by atoms with Crippen molar-refractivity contribution in [3.05, 3.63) is 32.9 Å². The van der Waals surface area contributed by atoms with Crippen molar-refractivity contribution >= 4 is 40.7 Å². The van der Waals surface area contributed by atoms with Gasteiger partial charge in [0, 0.05) is 43.7 Å². The quantitative estimate of drug-likeness (QED) is 0.220. The second-order valence-electron chi connectivity index (χ2n) is 9.45. The Morgan fingerprint density at radius 3 is 2.76 bits per heavy atom. The molecule has 4 atom stereocenters. The molecule has 1 aliphatic heterocycles. The molecule has 1 heterocycles. The Bertz CT molecular complexity index is 1010. The van der Waals surface area contributed by atoms with Gasteiger partial charge in [0.15, 0.2) is 11.5 Å². The summed E-state index contributed by atoms with van der Waals surface area (Å²) in [6.07, 6.45) is 3.72. The molecule has 1 fully saturated rings. The van der Waals surface area contributed by atoms with E-state index in [0.717, 1.165) is 19.3 Å². The first-order valence-corrected chi connectivity index (χ1v) is 14.1. The van der Waals surface area contributed by atoms with E-state index in [-0.39, 0.29) is 31.6 Å². The summed E-state index contributed by atoms with van der Waals surface area (Å²) in [5.41, 5.74) is 0.752. The van der Waals surface area contributed by atoms with Crippen LogP contribution in [0.4, 0.5) is 0 Å². The molecule has 38 heavy (non-hydrogen) atoms. The van der Waals surface area contributed by atoms with E-state index in [0.29, 0.717) is 58.5 Å². The van der Waals surface area contributed by atoms with Crippen molar-refractivity contribution in [2.75, 3.05) is 33.4 Å². The van der Waals surface area contributed by atoms with Crippen LogP contribution in [0.1, 0.15) is 55.8 Å². The summed E-state index contributed by atoms with van der Waals surface area (Å²) in [6, 6.07) is 2.44. The fraction of sp³-hybridized carbons (Fsp3) is 0.593. The van der Waals surface area contributed by atoms with Gasteiger partial charge in [-0.2, -0.15) is 0 Å². The second-order valence-corrected chi connectivity index (χ2v) is 10.6. The molecule has 11 heteroatoms. The van der Waals surface area contributed by atoms with Crippen LogP contribution in [0.25, 0.3) is 0 Å². The highest BCUT2D eigenvalue weighted by molar-refractivity contribution is 14.1. The zero-order valence-electron chi connectivity index (χ0n) is 21.9. The fourth-order valence-corrected chi connectivity index (χ4v) is 5.49. The summed E-state index contributed by atoms with van der Waals surface area (Å²) >= 11 is 2.02. The van der Waals surface area contributed by atoms with Gasteiger partial charge < -0.3 is 34.6 Å². The van der Waals surface area contributed by atoms with Gasteiger partial charge >= 0.3 is 0 Å². The van der Waals surface area contributed by atoms with Crippen molar-refractivity contribution in [1.29, 1.82) is 0 Å². The lowest BCUT2D eigenvalue weighted by Gasteiger charge is -2.41. The molecule has 4 unspecified atom stereocenters. The lowest BCUT2D eigenvalue weighted by Crippen LogP contribution is -2.56. The number of benzene rings is 1. The lowest BCUT2D eigenvalue weighted by atomic mass is 9.87. The van der Waals surface area contributed by atoms with Gasteiger partial charge in [-0.15, -0.1) is 0 Å². The maximum Gasteiger partial charge on any atom is 0.247 e. The highest BCUT2D eigenvalue weighted by atomic mass is 127. The Hall–Kier alpha value is -2.22. The van der Waals surface area contributed by atoms with Crippen LogP contribution in [0, 0.1) is 3.57 Å². The Balaban J connectivity index is 1.98. The average Bonchev–Trinajstić information content (AvgIpc) is 3.44. The molecule has 1 aliphatic carbocycles. The number of aldehydes is 1. The molecule has 2 amide bonds. The van der Waals surface area contributed by atoms with Gasteiger partial charge in [-0.3, -0.25) is 14.4 Å². The Kier molecular flexibility index (Phi) is 11.8. The molecular weight excluding hydrogens is 607 g/mol. The first-order valence-electron chi connectivity index (χ1n) is 13.0. The minimum absolute atomic E-state index is 0.0723. The first kappa shape index (κ1) is 30.3. The van der Waals surface area contributed by atoms with Crippen LogP contribution in [0.3, 0.4) is 0 Å². The molecule has 0 spiro atoms. The SMILES string of the molecule is CCCCC(=O)N(CC1CCCO1)C1CC(C(=O)NCCO)=CC(Oc2c(I)cc(C=O)cc2OC)C1O. The van der Waals surface area contributed by atoms with Crippen molar-refractivity contribution in [1.82, 2.24) is 10.2 Å². The highest BCUT2D eigenvalue weighted by Crippen LogP contribution is 2.37. The van der Waals surface area contributed by atoms with Crippen molar-refractivity contribution in [3.63, 3.8) is 0 Å². The van der Waals surface area contributed by atoms with Gasteiger partial charge in [0.25, 0.3) is 0 Å². The maximum absolute atomic E-state index is 13.4. The molecule has 0 saturated carbocycles. The number of carbonyl (C=O) groups excluding carboxylic acids is 3. The van der Waals surface area contributed by atoms with E-state index in [1.54, 1.807) is 17.0 Å². The fourth-order valence-electron chi connectivity index (χ4n) is 4.74. The molecule has 210 valence electrons. The van der Waals surface area contributed by atoms with Crippen LogP contribution in [0.2, 0.25) is 0 Å². The Labute approximate surface area is 236 Å². The Morgan fingerprint density at radius 2 is 2.13 bits per heavy atom. The molecule has 0 bridgehead atoms. The van der Waals surface area contributed by atoms with Gasteiger partial charge in [-0.05, 0) is 60.1 Å². The summed E-state index contributed by atoms with van der Waals surface area (Å²) in [6.45, 7) is 2.81. The molecule has 3 rings (SSSR count). The summed E-state index contributed by atoms with van der Waals surface area (Å²) < 4.78 is 18.1. The largest absolute Gasteiger partial charge is 0.493 e. The zero-order valence-corrected chi connectivity index (χ0v) is 24.0. The molecule has 1 aromatic rings. The maximum atomic E-state index is 13.4. The molecule has 0 aromatic heterocycles. The van der Waals surface area contributed by atoms with E-state index < -0.39 is 24.2 Å². The van der Waals surface area contributed by atoms with Crippen molar-refractivity contribution in [2.24, 2.45) is 0 Å². The van der Waals surface area contributed by atoms with Crippen LogP contribution in [-0.4, -0.2) is 91.0 Å². The monoisotopic (exact) mass is 644 g/mol. The van der Waals surface area contributed by atoms with Gasteiger partial charge in [0.05, 0.1) is 29.4 Å². The molecule has 10 nitrogen and oxygen atoms in total. The summed E-state index contributed by atoms with van der Waals surface area (Å²) in [5, 5.41) is 23.4. The first-order chi connectivity index (χ1) is 18.3. The van der Waals surface area contributed by atoms with Gasteiger partial charge in [0.2, 0.25) is 11.8 Å². The van der Waals surface area contributed by atoms with Crippen molar-refractivity contribution in [3.8, 4) is 11.5 Å². The van der Waals surface area contributed by atoms with E-state index >= 15 is 0 Å². The van der Waals surface area contributed by atoms with Crippen LogP contribution < -0.4 is 14.8 Å². The molecule has 3 N–H and O–H groups in total. The summed E-state index contributed by atoms with van der Waals surface area (Å²) in [5.74, 6) is 0.117. The van der Waals surface area contributed by atoms with Gasteiger partial charge in [0.1, 0.15) is 18.5 Å². The van der Waals surface area contributed by atoms with E-state index in [1.807, 2.05) is 29.5 Å². The minimum Gasteiger partial charge on any atom is -0.493 e. The molecule has 1 saturated heterocycles. The number of hydrogen-bond acceptors (Lipinski definition) is 8. The lowest BCUT2D eigenvalue weighted by molar-refractivity contribution is -0.141. The van der Waals surface area contributed by atoms with E-state index in [4.69, 9.17) is 14.2 Å². The van der Waals surface area contributed by atoms with Crippen LogP contribution in [0.15, 0.2) is 23.8 Å². The third kappa shape index (κ3) is 7.67. The average molecular weight is 645 g/mol. The van der Waals surface area contributed by atoms with E-state index in [2.05, 4.69) is 5.32 Å². The number of rotatable bonds is 13. The number of ether oxygens (including phenoxy) is 3. The number of nitrogens with zero attached hydrogens (tertiary/aromatic N) is 1. The van der Waals surface area contributed by atoms with Crippen LogP contribution in [0.5, 0.6) is 11.5 Å². The highest BCUT2D eigenvalue weighted by Gasteiger charge is 2.41. The topological polar surface area (TPSA) is 135 Å². The number of amides is 2. The number of halogens is 1. The molecule has 1 aromatic carbocycles. The van der Waals surface area contributed by atoms with Gasteiger partial charge in [-0.25, -0.2) is 0 Å². The Morgan fingerprint density at radius 1 is 1.34 bits per heavy atom. The van der Waals surface area contributed by atoms with Gasteiger partial charge in [-0.1, -0.05) is 13.3 Å². The number of unbranched alkanes of at least 4 members (excludes halogenated alkanes) is 1. The predicted octanol–water partition coefficient (Wildman–Crippen LogP) is 2.23. The minimum atomic E-state index is -1.15. The smallest absolute Gasteiger partial charge is 0.247 e. The predicted molar refractivity (Wildman–Crippen MR) is 148 cm³/mol. The number of methoxy groups -OCH3 is 1. The second kappa shape index (κ2) is 14.8. The number of aliphatic hydroxyl groups is 2. The number of aliphatic hydroxyl groups excluding tert-OH is 2. The number of carbonyl (C=O) groups is 3. The van der Waals surface area contributed by atoms with Crippen molar-refractivity contribution in [2.45, 2.75) is 69.8 Å².